The number of nitrogens with zero attached hydrogens (tertiary/aromatic N) is 6. The van der Waals surface area contributed by atoms with Crippen molar-refractivity contribution in [3.05, 3.63) is 71.0 Å². The molecular formula is C18H15N7O2. The third kappa shape index (κ3) is 3.30. The highest BCUT2D eigenvalue weighted by Gasteiger charge is 2.10. The van der Waals surface area contributed by atoms with E-state index in [2.05, 4.69) is 25.8 Å². The molecule has 4 rings (SSSR count). The molecule has 0 aliphatic heterocycles. The number of amides is 1. The fourth-order valence-electron chi connectivity index (χ4n) is 2.76. The molecule has 0 unspecified atom stereocenters. The maximum atomic E-state index is 12.5. The number of carbonyl (C=O) groups is 1. The average Bonchev–Trinajstić information content (AvgIpc) is 3.10. The van der Waals surface area contributed by atoms with Crippen molar-refractivity contribution in [2.24, 2.45) is 0 Å². The number of rotatable bonds is 4. The van der Waals surface area contributed by atoms with Gasteiger partial charge in [-0.05, 0) is 47.7 Å². The van der Waals surface area contributed by atoms with E-state index in [0.29, 0.717) is 22.4 Å². The van der Waals surface area contributed by atoms with E-state index in [0.717, 1.165) is 5.69 Å². The molecule has 9 nitrogen and oxygen atoms in total. The number of fused-ring (bicyclic) bond motifs is 1. The van der Waals surface area contributed by atoms with Crippen LogP contribution >= 0.6 is 0 Å². The Morgan fingerprint density at radius 1 is 1.15 bits per heavy atom. The SMILES string of the molecule is Cc1nnnn1-c1cccc(NC(=O)Cn2cnc3ccccc3c2=O)c1. The van der Waals surface area contributed by atoms with Crippen LogP contribution < -0.4 is 10.9 Å². The van der Waals surface area contributed by atoms with Gasteiger partial charge in [0, 0.05) is 5.69 Å². The Bertz CT molecular complexity index is 1200. The van der Waals surface area contributed by atoms with Crippen LogP contribution in [0.3, 0.4) is 0 Å². The van der Waals surface area contributed by atoms with Crippen molar-refractivity contribution in [2.45, 2.75) is 13.5 Å². The number of hydrogen-bond acceptors (Lipinski definition) is 6. The maximum Gasteiger partial charge on any atom is 0.261 e. The zero-order valence-corrected chi connectivity index (χ0v) is 14.4. The molecule has 9 heteroatoms. The summed E-state index contributed by atoms with van der Waals surface area (Å²) in [6.07, 6.45) is 1.38. The molecule has 1 amide bonds. The number of benzene rings is 2. The van der Waals surface area contributed by atoms with E-state index < -0.39 is 0 Å². The average molecular weight is 361 g/mol. The van der Waals surface area contributed by atoms with Crippen molar-refractivity contribution < 1.29 is 4.79 Å². The highest BCUT2D eigenvalue weighted by atomic mass is 16.2. The molecule has 0 saturated heterocycles. The molecule has 2 aromatic heterocycles. The first kappa shape index (κ1) is 16.6. The Morgan fingerprint density at radius 3 is 2.81 bits per heavy atom. The van der Waals surface area contributed by atoms with Gasteiger partial charge in [0.25, 0.3) is 5.56 Å². The number of nitrogens with one attached hydrogen (secondary N) is 1. The van der Waals surface area contributed by atoms with Gasteiger partial charge in [0.15, 0.2) is 5.82 Å². The molecule has 1 N–H and O–H groups in total. The Labute approximate surface area is 153 Å². The Hall–Kier alpha value is -3.88. The third-order valence-electron chi connectivity index (χ3n) is 4.05. The molecule has 4 aromatic rings. The Morgan fingerprint density at radius 2 is 2.00 bits per heavy atom. The van der Waals surface area contributed by atoms with Crippen molar-refractivity contribution in [2.75, 3.05) is 5.32 Å². The number of hydrogen-bond donors (Lipinski definition) is 1. The maximum absolute atomic E-state index is 12.5. The summed E-state index contributed by atoms with van der Waals surface area (Å²) in [5.74, 6) is 0.298. The number of aryl methyl sites for hydroxylation is 1. The van der Waals surface area contributed by atoms with E-state index in [1.807, 2.05) is 12.1 Å². The Kier molecular flexibility index (Phi) is 4.17. The Balaban J connectivity index is 1.54. The topological polar surface area (TPSA) is 108 Å². The fourth-order valence-corrected chi connectivity index (χ4v) is 2.76. The first-order valence-corrected chi connectivity index (χ1v) is 8.21. The largest absolute Gasteiger partial charge is 0.324 e. The molecule has 0 saturated carbocycles. The summed E-state index contributed by atoms with van der Waals surface area (Å²) in [5.41, 5.74) is 1.64. The molecule has 0 aliphatic carbocycles. The van der Waals surface area contributed by atoms with Gasteiger partial charge in [-0.1, -0.05) is 18.2 Å². The summed E-state index contributed by atoms with van der Waals surface area (Å²) in [6, 6.07) is 14.1. The third-order valence-corrected chi connectivity index (χ3v) is 4.05. The summed E-state index contributed by atoms with van der Waals surface area (Å²) in [6.45, 7) is 1.65. The predicted molar refractivity (Wildman–Crippen MR) is 98.5 cm³/mol. The number of carbonyl (C=O) groups excluding carboxylic acids is 1. The van der Waals surface area contributed by atoms with Crippen LogP contribution in [0.5, 0.6) is 0 Å². The molecule has 0 radical (unpaired) electrons. The second kappa shape index (κ2) is 6.79. The molecule has 0 spiro atoms. The van der Waals surface area contributed by atoms with Crippen molar-refractivity contribution >= 4 is 22.5 Å². The van der Waals surface area contributed by atoms with Gasteiger partial charge >= 0.3 is 0 Å². The molecule has 2 aromatic carbocycles. The van der Waals surface area contributed by atoms with Gasteiger partial charge in [-0.2, -0.15) is 4.68 Å². The molecule has 2 heterocycles. The number of tetrazole rings is 1. The standard InChI is InChI=1S/C18H15N7O2/c1-12-21-22-23-25(12)14-6-4-5-13(9-14)20-17(26)10-24-11-19-16-8-3-2-7-15(16)18(24)27/h2-9,11H,10H2,1H3,(H,20,26). The van der Waals surface area contributed by atoms with Gasteiger partial charge in [-0.25, -0.2) is 4.98 Å². The van der Waals surface area contributed by atoms with E-state index in [4.69, 9.17) is 0 Å². The molecular weight excluding hydrogens is 346 g/mol. The lowest BCUT2D eigenvalue weighted by molar-refractivity contribution is -0.116. The van der Waals surface area contributed by atoms with E-state index in [1.54, 1.807) is 48.0 Å². The van der Waals surface area contributed by atoms with Crippen LogP contribution in [0.4, 0.5) is 5.69 Å². The van der Waals surface area contributed by atoms with Gasteiger partial charge in [-0.15, -0.1) is 5.10 Å². The monoisotopic (exact) mass is 361 g/mol. The quantitative estimate of drug-likeness (QED) is 0.587. The van der Waals surface area contributed by atoms with Crippen LogP contribution in [0.2, 0.25) is 0 Å². The molecule has 0 atom stereocenters. The van der Waals surface area contributed by atoms with Crippen molar-refractivity contribution in [1.29, 1.82) is 0 Å². The summed E-state index contributed by atoms with van der Waals surface area (Å²) in [4.78, 5) is 29.1. The molecule has 134 valence electrons. The smallest absolute Gasteiger partial charge is 0.261 e. The highest BCUT2D eigenvalue weighted by molar-refractivity contribution is 5.91. The fraction of sp³-hybridized carbons (Fsp3) is 0.111. The summed E-state index contributed by atoms with van der Waals surface area (Å²) < 4.78 is 2.85. The summed E-state index contributed by atoms with van der Waals surface area (Å²) >= 11 is 0. The van der Waals surface area contributed by atoms with Crippen LogP contribution in [0.25, 0.3) is 16.6 Å². The van der Waals surface area contributed by atoms with Crippen LogP contribution in [0, 0.1) is 6.92 Å². The molecule has 0 bridgehead atoms. The van der Waals surface area contributed by atoms with E-state index in [1.165, 1.54) is 10.9 Å². The predicted octanol–water partition coefficient (Wildman–Crippen LogP) is 1.32. The highest BCUT2D eigenvalue weighted by Crippen LogP contribution is 2.14. The lowest BCUT2D eigenvalue weighted by Crippen LogP contribution is -2.27. The zero-order chi connectivity index (χ0) is 18.8. The molecule has 27 heavy (non-hydrogen) atoms. The first-order valence-electron chi connectivity index (χ1n) is 8.21. The minimum Gasteiger partial charge on any atom is -0.324 e. The second-order valence-corrected chi connectivity index (χ2v) is 5.93. The minimum absolute atomic E-state index is 0.134. The zero-order valence-electron chi connectivity index (χ0n) is 14.4. The van der Waals surface area contributed by atoms with Gasteiger partial charge < -0.3 is 5.32 Å². The summed E-state index contributed by atoms with van der Waals surface area (Å²) in [7, 11) is 0. The number of aromatic nitrogens is 6. The molecule has 0 aliphatic rings. The van der Waals surface area contributed by atoms with E-state index in [-0.39, 0.29) is 18.0 Å². The van der Waals surface area contributed by atoms with Gasteiger partial charge in [0.05, 0.1) is 22.9 Å². The second-order valence-electron chi connectivity index (χ2n) is 5.93. The molecule has 0 fully saturated rings. The minimum atomic E-state index is -0.334. The number of anilines is 1. The van der Waals surface area contributed by atoms with Gasteiger partial charge in [-0.3, -0.25) is 14.2 Å². The van der Waals surface area contributed by atoms with E-state index >= 15 is 0 Å². The van der Waals surface area contributed by atoms with Crippen molar-refractivity contribution in [3.8, 4) is 5.69 Å². The van der Waals surface area contributed by atoms with Crippen molar-refractivity contribution in [3.63, 3.8) is 0 Å². The normalized spacial score (nSPS) is 10.9. The van der Waals surface area contributed by atoms with Gasteiger partial charge in [0.1, 0.15) is 6.54 Å². The van der Waals surface area contributed by atoms with Crippen LogP contribution in [0.1, 0.15) is 5.82 Å². The van der Waals surface area contributed by atoms with Crippen LogP contribution in [0.15, 0.2) is 59.7 Å². The van der Waals surface area contributed by atoms with Gasteiger partial charge in [0.2, 0.25) is 5.91 Å². The number of para-hydroxylation sites is 1. The summed E-state index contributed by atoms with van der Waals surface area (Å²) in [5, 5.41) is 14.6. The van der Waals surface area contributed by atoms with Crippen molar-refractivity contribution in [1.82, 2.24) is 29.8 Å². The lowest BCUT2D eigenvalue weighted by Gasteiger charge is -2.09. The van der Waals surface area contributed by atoms with E-state index in [9.17, 15) is 9.59 Å². The van der Waals surface area contributed by atoms with Crippen LogP contribution in [-0.2, 0) is 11.3 Å². The lowest BCUT2D eigenvalue weighted by atomic mass is 10.2. The first-order chi connectivity index (χ1) is 13.1. The van der Waals surface area contributed by atoms with Crippen LogP contribution in [-0.4, -0.2) is 35.7 Å².